The van der Waals surface area contributed by atoms with Gasteiger partial charge in [0.15, 0.2) is 12.7 Å². The fourth-order valence-electron chi connectivity index (χ4n) is 2.28. The fraction of sp³-hybridized carbons (Fsp3) is 0.263. The molecule has 138 valence electrons. The lowest BCUT2D eigenvalue weighted by atomic mass is 10.2. The van der Waals surface area contributed by atoms with Gasteiger partial charge in [-0.25, -0.2) is 9.18 Å². The lowest BCUT2D eigenvalue weighted by molar-refractivity contribution is -0.160. The van der Waals surface area contributed by atoms with E-state index in [0.29, 0.717) is 16.3 Å². The van der Waals surface area contributed by atoms with Gasteiger partial charge in [-0.2, -0.15) is 0 Å². The molecular formula is C19H19ClFNO4. The second kappa shape index (κ2) is 9.20. The van der Waals surface area contributed by atoms with Crippen molar-refractivity contribution in [1.82, 2.24) is 4.90 Å². The van der Waals surface area contributed by atoms with E-state index in [9.17, 15) is 14.0 Å². The Hall–Kier alpha value is -2.60. The van der Waals surface area contributed by atoms with E-state index in [2.05, 4.69) is 0 Å². The first kappa shape index (κ1) is 19.7. The van der Waals surface area contributed by atoms with Crippen molar-refractivity contribution in [3.8, 4) is 5.75 Å². The number of carbonyl (C=O) groups excluding carboxylic acids is 2. The van der Waals surface area contributed by atoms with Crippen LogP contribution in [0.15, 0.2) is 48.5 Å². The molecular weight excluding hydrogens is 361 g/mol. The summed E-state index contributed by atoms with van der Waals surface area (Å²) in [5, 5.41) is 0.485. The minimum absolute atomic E-state index is 0.206. The van der Waals surface area contributed by atoms with Crippen molar-refractivity contribution < 1.29 is 23.5 Å². The Morgan fingerprint density at radius 2 is 1.92 bits per heavy atom. The number of benzene rings is 2. The molecule has 26 heavy (non-hydrogen) atoms. The Bertz CT molecular complexity index is 784. The van der Waals surface area contributed by atoms with Gasteiger partial charge in [-0.1, -0.05) is 29.8 Å². The minimum atomic E-state index is -0.982. The average molecular weight is 380 g/mol. The van der Waals surface area contributed by atoms with Gasteiger partial charge in [0, 0.05) is 18.6 Å². The van der Waals surface area contributed by atoms with Crippen LogP contribution in [-0.4, -0.2) is 36.5 Å². The maximum absolute atomic E-state index is 13.2. The van der Waals surface area contributed by atoms with Gasteiger partial charge in [-0.15, -0.1) is 0 Å². The normalized spacial score (nSPS) is 11.5. The summed E-state index contributed by atoms with van der Waals surface area (Å²) >= 11 is 5.83. The van der Waals surface area contributed by atoms with E-state index in [1.165, 1.54) is 24.0 Å². The number of hydrogen-bond acceptors (Lipinski definition) is 4. The van der Waals surface area contributed by atoms with Gasteiger partial charge in [0.2, 0.25) is 0 Å². The number of carbonyl (C=O) groups is 2. The average Bonchev–Trinajstić information content (AvgIpc) is 2.59. The van der Waals surface area contributed by atoms with Crippen LogP contribution in [0.3, 0.4) is 0 Å². The standard InChI is InChI=1S/C19H19ClFNO4/c1-13(19(24)22(2)11-14-5-3-7-16(21)9-14)26-18(23)12-25-17-8-4-6-15(20)10-17/h3-10,13H,11-12H2,1-2H3. The van der Waals surface area contributed by atoms with Gasteiger partial charge in [0.1, 0.15) is 11.6 Å². The maximum Gasteiger partial charge on any atom is 0.344 e. The van der Waals surface area contributed by atoms with Gasteiger partial charge in [0.25, 0.3) is 5.91 Å². The fourth-order valence-corrected chi connectivity index (χ4v) is 2.46. The number of amides is 1. The van der Waals surface area contributed by atoms with Crippen molar-refractivity contribution in [3.63, 3.8) is 0 Å². The van der Waals surface area contributed by atoms with Crippen LogP contribution in [0.25, 0.3) is 0 Å². The number of nitrogens with zero attached hydrogens (tertiary/aromatic N) is 1. The quantitative estimate of drug-likeness (QED) is 0.691. The highest BCUT2D eigenvalue weighted by Crippen LogP contribution is 2.17. The van der Waals surface area contributed by atoms with Crippen molar-refractivity contribution in [3.05, 3.63) is 64.9 Å². The van der Waals surface area contributed by atoms with Crippen LogP contribution >= 0.6 is 11.6 Å². The second-order valence-corrected chi connectivity index (χ2v) is 6.14. The third-order valence-electron chi connectivity index (χ3n) is 3.49. The Morgan fingerprint density at radius 3 is 2.62 bits per heavy atom. The highest BCUT2D eigenvalue weighted by molar-refractivity contribution is 6.30. The molecule has 0 saturated carbocycles. The summed E-state index contributed by atoms with van der Waals surface area (Å²) in [4.78, 5) is 25.5. The van der Waals surface area contributed by atoms with Crippen LogP contribution in [0.4, 0.5) is 4.39 Å². The van der Waals surface area contributed by atoms with Gasteiger partial charge in [-0.05, 0) is 42.8 Å². The summed E-state index contributed by atoms with van der Waals surface area (Å²) in [5.74, 6) is -1.02. The molecule has 0 heterocycles. The summed E-state index contributed by atoms with van der Waals surface area (Å²) in [6.45, 7) is 1.34. The van der Waals surface area contributed by atoms with Crippen molar-refractivity contribution in [2.24, 2.45) is 0 Å². The summed E-state index contributed by atoms with van der Waals surface area (Å²) in [7, 11) is 1.56. The molecule has 0 radical (unpaired) electrons. The lowest BCUT2D eigenvalue weighted by Gasteiger charge is -2.21. The van der Waals surface area contributed by atoms with E-state index in [-0.39, 0.29) is 19.0 Å². The molecule has 1 unspecified atom stereocenters. The molecule has 0 saturated heterocycles. The first-order chi connectivity index (χ1) is 12.3. The Balaban J connectivity index is 1.82. The van der Waals surface area contributed by atoms with E-state index in [1.54, 1.807) is 43.4 Å². The SMILES string of the molecule is CC(OC(=O)COc1cccc(Cl)c1)C(=O)N(C)Cc1cccc(F)c1. The first-order valence-corrected chi connectivity index (χ1v) is 8.30. The molecule has 0 aliphatic carbocycles. The van der Waals surface area contributed by atoms with Gasteiger partial charge >= 0.3 is 5.97 Å². The topological polar surface area (TPSA) is 55.8 Å². The highest BCUT2D eigenvalue weighted by atomic mass is 35.5. The third-order valence-corrected chi connectivity index (χ3v) is 3.73. The van der Waals surface area contributed by atoms with Crippen LogP contribution in [0, 0.1) is 5.82 Å². The predicted molar refractivity (Wildman–Crippen MR) is 95.4 cm³/mol. The zero-order chi connectivity index (χ0) is 19.1. The van der Waals surface area contributed by atoms with Crippen molar-refractivity contribution >= 4 is 23.5 Å². The number of halogens is 2. The first-order valence-electron chi connectivity index (χ1n) is 7.92. The number of rotatable bonds is 7. The van der Waals surface area contributed by atoms with Crippen LogP contribution in [-0.2, 0) is 20.9 Å². The van der Waals surface area contributed by atoms with Crippen LogP contribution < -0.4 is 4.74 Å². The molecule has 0 aliphatic rings. The van der Waals surface area contributed by atoms with Gasteiger partial charge in [-0.3, -0.25) is 4.79 Å². The van der Waals surface area contributed by atoms with Gasteiger partial charge < -0.3 is 14.4 Å². The smallest absolute Gasteiger partial charge is 0.344 e. The van der Waals surface area contributed by atoms with Gasteiger partial charge in [0.05, 0.1) is 0 Å². The van der Waals surface area contributed by atoms with Crippen molar-refractivity contribution in [2.75, 3.05) is 13.7 Å². The second-order valence-electron chi connectivity index (χ2n) is 5.70. The largest absolute Gasteiger partial charge is 0.482 e. The molecule has 5 nitrogen and oxygen atoms in total. The molecule has 1 amide bonds. The monoisotopic (exact) mass is 379 g/mol. The lowest BCUT2D eigenvalue weighted by Crippen LogP contribution is -2.37. The molecule has 2 aromatic rings. The maximum atomic E-state index is 13.2. The Labute approximate surface area is 156 Å². The molecule has 2 aromatic carbocycles. The number of esters is 1. The summed E-state index contributed by atoms with van der Waals surface area (Å²) in [6, 6.07) is 12.5. The third kappa shape index (κ3) is 6.04. The van der Waals surface area contributed by atoms with E-state index in [4.69, 9.17) is 21.1 Å². The Morgan fingerprint density at radius 1 is 1.19 bits per heavy atom. The zero-order valence-corrected chi connectivity index (χ0v) is 15.2. The molecule has 2 rings (SSSR count). The molecule has 0 fully saturated rings. The molecule has 1 atom stereocenters. The molecule has 7 heteroatoms. The van der Waals surface area contributed by atoms with E-state index < -0.39 is 18.0 Å². The predicted octanol–water partition coefficient (Wildman–Crippen LogP) is 3.45. The zero-order valence-electron chi connectivity index (χ0n) is 14.4. The number of hydrogen-bond donors (Lipinski definition) is 0. The van der Waals surface area contributed by atoms with E-state index in [0.717, 1.165) is 0 Å². The minimum Gasteiger partial charge on any atom is -0.482 e. The van der Waals surface area contributed by atoms with E-state index in [1.807, 2.05) is 0 Å². The van der Waals surface area contributed by atoms with E-state index >= 15 is 0 Å². The molecule has 0 aliphatic heterocycles. The van der Waals surface area contributed by atoms with Crippen LogP contribution in [0.1, 0.15) is 12.5 Å². The molecule has 0 N–H and O–H groups in total. The summed E-state index contributed by atoms with van der Waals surface area (Å²) < 4.78 is 23.6. The number of likely N-dealkylation sites (N-methyl/N-ethyl adjacent to an activating group) is 1. The molecule has 0 spiro atoms. The van der Waals surface area contributed by atoms with Crippen LogP contribution in [0.2, 0.25) is 5.02 Å². The summed E-state index contributed by atoms with van der Waals surface area (Å²) in [6.07, 6.45) is -0.982. The summed E-state index contributed by atoms with van der Waals surface area (Å²) in [5.41, 5.74) is 0.642. The highest BCUT2D eigenvalue weighted by Gasteiger charge is 2.22. The molecule has 0 bridgehead atoms. The van der Waals surface area contributed by atoms with Crippen molar-refractivity contribution in [1.29, 1.82) is 0 Å². The number of ether oxygens (including phenoxy) is 2. The molecule has 0 aromatic heterocycles. The van der Waals surface area contributed by atoms with Crippen LogP contribution in [0.5, 0.6) is 5.75 Å². The Kier molecular flexibility index (Phi) is 6.97. The van der Waals surface area contributed by atoms with Crippen molar-refractivity contribution in [2.45, 2.75) is 19.6 Å².